The second-order valence-corrected chi connectivity index (χ2v) is 9.00. The molecule has 3 aliphatic rings. The molecule has 1 heterocycles. The molecule has 8 heteroatoms. The van der Waals surface area contributed by atoms with Gasteiger partial charge in [-0.05, 0) is 41.5 Å². The molecule has 0 bridgehead atoms. The first kappa shape index (κ1) is 21.5. The number of nitrogens with one attached hydrogen (secondary N) is 2. The number of carbonyl (C=O) groups is 3. The molecule has 2 unspecified atom stereocenters. The molecule has 1 aliphatic heterocycles. The Balaban J connectivity index is 1.19. The van der Waals surface area contributed by atoms with E-state index < -0.39 is 35.7 Å². The van der Waals surface area contributed by atoms with Gasteiger partial charge in [0.15, 0.2) is 6.10 Å². The number of ether oxygens (including phenoxy) is 2. The van der Waals surface area contributed by atoms with Gasteiger partial charge in [0.25, 0.3) is 5.91 Å². The summed E-state index contributed by atoms with van der Waals surface area (Å²) < 4.78 is 11.1. The van der Waals surface area contributed by atoms with Crippen molar-refractivity contribution >= 4 is 18.0 Å². The number of carbonyl (C=O) groups excluding carboxylic acids is 2. The Morgan fingerprint density at radius 2 is 1.67 bits per heavy atom. The quantitative estimate of drug-likeness (QED) is 0.598. The van der Waals surface area contributed by atoms with Crippen LogP contribution in [0.4, 0.5) is 4.79 Å². The molecule has 1 saturated heterocycles. The fourth-order valence-electron chi connectivity index (χ4n) is 4.91. The van der Waals surface area contributed by atoms with Crippen molar-refractivity contribution < 1.29 is 29.0 Å². The van der Waals surface area contributed by atoms with Crippen LogP contribution in [0.3, 0.4) is 0 Å². The van der Waals surface area contributed by atoms with E-state index in [1.165, 1.54) is 0 Å². The molecular formula is C25H26N2O6. The van der Waals surface area contributed by atoms with Crippen molar-refractivity contribution in [2.45, 2.75) is 49.3 Å². The highest BCUT2D eigenvalue weighted by Crippen LogP contribution is 2.44. The molecule has 172 valence electrons. The Morgan fingerprint density at radius 3 is 2.27 bits per heavy atom. The minimum atomic E-state index is -0.951. The van der Waals surface area contributed by atoms with E-state index in [1.54, 1.807) is 0 Å². The molecule has 2 amide bonds. The van der Waals surface area contributed by atoms with Crippen LogP contribution in [0.2, 0.25) is 0 Å². The molecule has 8 nitrogen and oxygen atoms in total. The number of hydrogen-bond acceptors (Lipinski definition) is 5. The predicted molar refractivity (Wildman–Crippen MR) is 119 cm³/mol. The number of benzene rings is 2. The van der Waals surface area contributed by atoms with Gasteiger partial charge in [-0.25, -0.2) is 4.79 Å². The Morgan fingerprint density at radius 1 is 1.03 bits per heavy atom. The Labute approximate surface area is 191 Å². The Hall–Kier alpha value is -3.39. The van der Waals surface area contributed by atoms with E-state index in [1.807, 2.05) is 24.3 Å². The first-order chi connectivity index (χ1) is 16.0. The summed E-state index contributed by atoms with van der Waals surface area (Å²) in [5.74, 6) is -1.39. The normalized spacial score (nSPS) is 22.2. The van der Waals surface area contributed by atoms with Crippen LogP contribution >= 0.6 is 0 Å². The van der Waals surface area contributed by atoms with Crippen molar-refractivity contribution in [3.05, 3.63) is 59.7 Å². The monoisotopic (exact) mass is 450 g/mol. The van der Waals surface area contributed by atoms with Crippen molar-refractivity contribution in [3.63, 3.8) is 0 Å². The van der Waals surface area contributed by atoms with Crippen LogP contribution in [0.25, 0.3) is 11.1 Å². The van der Waals surface area contributed by atoms with Crippen LogP contribution in [0.1, 0.15) is 42.7 Å². The van der Waals surface area contributed by atoms with Crippen LogP contribution < -0.4 is 10.6 Å². The first-order valence-electron chi connectivity index (χ1n) is 11.2. The maximum Gasteiger partial charge on any atom is 0.407 e. The van der Waals surface area contributed by atoms with Gasteiger partial charge < -0.3 is 25.2 Å². The van der Waals surface area contributed by atoms with Gasteiger partial charge in [0.2, 0.25) is 0 Å². The van der Waals surface area contributed by atoms with Gasteiger partial charge in [-0.15, -0.1) is 0 Å². The predicted octanol–water partition coefficient (Wildman–Crippen LogP) is 2.81. The molecule has 33 heavy (non-hydrogen) atoms. The number of aliphatic carboxylic acids is 1. The van der Waals surface area contributed by atoms with Crippen LogP contribution in [-0.2, 0) is 19.1 Å². The number of carboxylic acid groups (broad SMARTS) is 1. The summed E-state index contributed by atoms with van der Waals surface area (Å²) in [5, 5.41) is 14.6. The zero-order valence-electron chi connectivity index (χ0n) is 18.1. The number of rotatable bonds is 7. The molecule has 2 atom stereocenters. The molecular weight excluding hydrogens is 424 g/mol. The highest BCUT2D eigenvalue weighted by Gasteiger charge is 2.48. The average molecular weight is 450 g/mol. The summed E-state index contributed by atoms with van der Waals surface area (Å²) in [4.78, 5) is 36.3. The van der Waals surface area contributed by atoms with Crippen LogP contribution in [-0.4, -0.2) is 54.0 Å². The summed E-state index contributed by atoms with van der Waals surface area (Å²) in [6, 6.07) is 15.7. The van der Waals surface area contributed by atoms with Crippen LogP contribution in [0.15, 0.2) is 48.5 Å². The molecule has 5 rings (SSSR count). The van der Waals surface area contributed by atoms with Gasteiger partial charge in [0.05, 0.1) is 18.0 Å². The Kier molecular flexibility index (Phi) is 5.54. The lowest BCUT2D eigenvalue weighted by molar-refractivity contribution is -0.138. The molecule has 3 N–H and O–H groups in total. The largest absolute Gasteiger partial charge is 0.481 e. The summed E-state index contributed by atoms with van der Waals surface area (Å²) in [6.45, 7) is 0.518. The molecule has 0 spiro atoms. The van der Waals surface area contributed by atoms with E-state index in [0.717, 1.165) is 22.3 Å². The van der Waals surface area contributed by atoms with Gasteiger partial charge in [-0.1, -0.05) is 48.5 Å². The van der Waals surface area contributed by atoms with Crippen LogP contribution in [0.5, 0.6) is 0 Å². The number of alkyl carbamates (subject to hydrolysis) is 1. The second-order valence-electron chi connectivity index (χ2n) is 9.00. The standard InChI is InChI=1S/C25H26N2O6/c28-21(29)13-25(10-11-25)27-23(30)22-20(9-12-32-22)26-24(31)33-14-19-17-7-3-1-5-15(17)16-6-2-4-8-18(16)19/h1-8,19-20,22H,9-14H2,(H,26,31)(H,27,30)(H,28,29). The van der Waals surface area contributed by atoms with Crippen molar-refractivity contribution in [2.24, 2.45) is 0 Å². The first-order valence-corrected chi connectivity index (χ1v) is 11.2. The third-order valence-corrected chi connectivity index (χ3v) is 6.73. The summed E-state index contributed by atoms with van der Waals surface area (Å²) >= 11 is 0. The summed E-state index contributed by atoms with van der Waals surface area (Å²) in [6.07, 6.45) is 0.155. The van der Waals surface area contributed by atoms with Crippen molar-refractivity contribution in [2.75, 3.05) is 13.2 Å². The lowest BCUT2D eigenvalue weighted by Gasteiger charge is -2.23. The maximum atomic E-state index is 12.7. The third-order valence-electron chi connectivity index (χ3n) is 6.73. The minimum absolute atomic E-state index is 0.0483. The van der Waals surface area contributed by atoms with Gasteiger partial charge in [0.1, 0.15) is 6.61 Å². The van der Waals surface area contributed by atoms with Crippen molar-refractivity contribution in [3.8, 4) is 11.1 Å². The lowest BCUT2D eigenvalue weighted by Crippen LogP contribution is -2.51. The Bertz CT molecular complexity index is 1050. The molecule has 0 aromatic heterocycles. The fourth-order valence-corrected chi connectivity index (χ4v) is 4.91. The van der Waals surface area contributed by atoms with E-state index in [9.17, 15) is 14.4 Å². The van der Waals surface area contributed by atoms with E-state index in [2.05, 4.69) is 34.9 Å². The minimum Gasteiger partial charge on any atom is -0.481 e. The van der Waals surface area contributed by atoms with E-state index in [-0.39, 0.29) is 18.9 Å². The molecule has 2 aliphatic carbocycles. The van der Waals surface area contributed by atoms with E-state index >= 15 is 0 Å². The number of fused-ring (bicyclic) bond motifs is 3. The zero-order valence-corrected chi connectivity index (χ0v) is 18.1. The van der Waals surface area contributed by atoms with Crippen molar-refractivity contribution in [1.82, 2.24) is 10.6 Å². The van der Waals surface area contributed by atoms with E-state index in [0.29, 0.717) is 25.9 Å². The van der Waals surface area contributed by atoms with Crippen LogP contribution in [0, 0.1) is 0 Å². The highest BCUT2D eigenvalue weighted by molar-refractivity contribution is 5.85. The molecule has 2 fully saturated rings. The smallest absolute Gasteiger partial charge is 0.407 e. The fraction of sp³-hybridized carbons (Fsp3) is 0.400. The number of hydrogen-bond donors (Lipinski definition) is 3. The highest BCUT2D eigenvalue weighted by atomic mass is 16.6. The van der Waals surface area contributed by atoms with Crippen molar-refractivity contribution in [1.29, 1.82) is 0 Å². The number of amides is 2. The molecule has 1 saturated carbocycles. The van der Waals surface area contributed by atoms with Gasteiger partial charge in [-0.2, -0.15) is 0 Å². The summed E-state index contributed by atoms with van der Waals surface area (Å²) in [7, 11) is 0. The molecule has 0 radical (unpaired) electrons. The maximum absolute atomic E-state index is 12.7. The van der Waals surface area contributed by atoms with Gasteiger partial charge in [0, 0.05) is 12.5 Å². The summed E-state index contributed by atoms with van der Waals surface area (Å²) in [5.41, 5.74) is 3.86. The van der Waals surface area contributed by atoms with E-state index in [4.69, 9.17) is 14.6 Å². The average Bonchev–Trinajstić information content (AvgIpc) is 3.24. The topological polar surface area (TPSA) is 114 Å². The lowest BCUT2D eigenvalue weighted by atomic mass is 9.98. The SMILES string of the molecule is O=C(O)CC1(NC(=O)C2OCCC2NC(=O)OCC2c3ccccc3-c3ccccc32)CC1. The van der Waals surface area contributed by atoms with Gasteiger partial charge in [-0.3, -0.25) is 9.59 Å². The molecule has 2 aromatic carbocycles. The second kappa shape index (κ2) is 8.51. The molecule has 2 aromatic rings. The third kappa shape index (κ3) is 4.30. The zero-order chi connectivity index (χ0) is 23.0. The van der Waals surface area contributed by atoms with Gasteiger partial charge >= 0.3 is 12.1 Å². The number of carboxylic acids is 1.